The lowest BCUT2D eigenvalue weighted by atomic mass is 9.80. The fourth-order valence-corrected chi connectivity index (χ4v) is 4.66. The van der Waals surface area contributed by atoms with Gasteiger partial charge < -0.3 is 4.74 Å². The molecule has 0 spiro atoms. The average Bonchev–Trinajstić information content (AvgIpc) is 2.72. The van der Waals surface area contributed by atoms with Crippen molar-refractivity contribution in [2.24, 2.45) is 17.8 Å². The summed E-state index contributed by atoms with van der Waals surface area (Å²) in [5.74, 6) is 1.83. The topological polar surface area (TPSA) is 33.0 Å². The van der Waals surface area contributed by atoms with Crippen LogP contribution in [0.4, 0.5) is 4.39 Å². The van der Waals surface area contributed by atoms with Crippen molar-refractivity contribution in [3.63, 3.8) is 0 Å². The first-order chi connectivity index (χ1) is 13.2. The van der Waals surface area contributed by atoms with Gasteiger partial charge in [-0.1, -0.05) is 51.2 Å². The molecule has 0 heterocycles. The van der Waals surface area contributed by atoms with E-state index >= 15 is 0 Å². The minimum absolute atomic E-state index is 0.474. The van der Waals surface area contributed by atoms with E-state index in [0.717, 1.165) is 37.2 Å². The van der Waals surface area contributed by atoms with Crippen LogP contribution >= 0.6 is 0 Å². The van der Waals surface area contributed by atoms with E-state index in [9.17, 15) is 4.39 Å². The molecule has 2 fully saturated rings. The summed E-state index contributed by atoms with van der Waals surface area (Å²) in [5.41, 5.74) is 0. The van der Waals surface area contributed by atoms with Crippen molar-refractivity contribution in [1.82, 2.24) is 0 Å². The van der Waals surface area contributed by atoms with Crippen LogP contribution in [-0.4, -0.2) is 12.7 Å². The summed E-state index contributed by atoms with van der Waals surface area (Å²) in [6, 6.07) is 1.48. The summed E-state index contributed by atoms with van der Waals surface area (Å²) in [6.45, 7) is 3.27. The molecule has 2 rings (SSSR count). The third-order valence-electron chi connectivity index (χ3n) is 6.52. The van der Waals surface area contributed by atoms with E-state index in [1.807, 2.05) is 6.08 Å². The number of rotatable bonds is 10. The lowest BCUT2D eigenvalue weighted by Crippen LogP contribution is -2.26. The third kappa shape index (κ3) is 9.06. The smallest absolute Gasteiger partial charge is 0.199 e. The quantitative estimate of drug-likeness (QED) is 0.297. The molecule has 0 aliphatic heterocycles. The van der Waals surface area contributed by atoms with Crippen molar-refractivity contribution in [1.29, 1.82) is 5.26 Å². The lowest BCUT2D eigenvalue weighted by molar-refractivity contribution is -0.0102. The van der Waals surface area contributed by atoms with Gasteiger partial charge in [-0.15, -0.1) is 0 Å². The maximum atomic E-state index is 12.7. The van der Waals surface area contributed by atoms with E-state index < -0.39 is 5.83 Å². The number of ether oxygens (including phenoxy) is 1. The fraction of sp³-hybridized carbons (Fsp3) is 0.792. The molecular formula is C24H38FNO. The molecule has 0 amide bonds. The molecule has 0 N–H and O–H groups in total. The molecule has 27 heavy (non-hydrogen) atoms. The summed E-state index contributed by atoms with van der Waals surface area (Å²) >= 11 is 0. The largest absolute Gasteiger partial charge is 0.378 e. The second-order valence-electron chi connectivity index (χ2n) is 8.64. The molecule has 0 aromatic heterocycles. The maximum absolute atomic E-state index is 12.7. The number of unbranched alkanes of at least 4 members (excludes halogenated alkanes) is 1. The zero-order chi connectivity index (χ0) is 19.3. The Labute approximate surface area is 165 Å². The van der Waals surface area contributed by atoms with Gasteiger partial charge in [0.2, 0.25) is 0 Å². The van der Waals surface area contributed by atoms with Crippen LogP contribution in [0.5, 0.6) is 0 Å². The first-order valence-corrected chi connectivity index (χ1v) is 11.2. The maximum Gasteiger partial charge on any atom is 0.199 e. The number of nitriles is 1. The number of hydrogen-bond acceptors (Lipinski definition) is 2. The van der Waals surface area contributed by atoms with E-state index in [1.165, 1.54) is 82.8 Å². The zero-order valence-electron chi connectivity index (χ0n) is 17.2. The highest BCUT2D eigenvalue weighted by Gasteiger charge is 2.24. The Morgan fingerprint density at radius 2 is 1.63 bits per heavy atom. The lowest BCUT2D eigenvalue weighted by Gasteiger charge is -2.32. The molecule has 0 saturated heterocycles. The van der Waals surface area contributed by atoms with Crippen molar-refractivity contribution >= 4 is 0 Å². The monoisotopic (exact) mass is 375 g/mol. The van der Waals surface area contributed by atoms with E-state index in [1.54, 1.807) is 6.08 Å². The molecule has 2 nitrogen and oxygen atoms in total. The Kier molecular flexibility index (Phi) is 10.8. The number of allylic oxidation sites excluding steroid dienone is 4. The van der Waals surface area contributed by atoms with Crippen LogP contribution in [0.3, 0.4) is 0 Å². The van der Waals surface area contributed by atoms with Crippen LogP contribution < -0.4 is 0 Å². The molecule has 0 bridgehead atoms. The summed E-state index contributed by atoms with van der Waals surface area (Å²) in [5, 5.41) is 8.35. The number of halogens is 1. The van der Waals surface area contributed by atoms with Gasteiger partial charge in [-0.3, -0.25) is 0 Å². The summed E-state index contributed by atoms with van der Waals surface area (Å²) in [6.07, 6.45) is 22.1. The first kappa shape index (κ1) is 22.2. The van der Waals surface area contributed by atoms with Crippen LogP contribution in [0.1, 0.15) is 90.4 Å². The summed E-state index contributed by atoms with van der Waals surface area (Å²) < 4.78 is 18.9. The number of nitrogens with zero attached hydrogens (tertiary/aromatic N) is 1. The van der Waals surface area contributed by atoms with Gasteiger partial charge in [0.05, 0.1) is 6.10 Å². The third-order valence-corrected chi connectivity index (χ3v) is 6.52. The average molecular weight is 376 g/mol. The van der Waals surface area contributed by atoms with Crippen LogP contribution in [0, 0.1) is 29.1 Å². The van der Waals surface area contributed by atoms with Gasteiger partial charge in [-0.25, -0.2) is 0 Å². The second-order valence-corrected chi connectivity index (χ2v) is 8.64. The Morgan fingerprint density at radius 3 is 2.30 bits per heavy atom. The van der Waals surface area contributed by atoms with Crippen molar-refractivity contribution in [3.05, 3.63) is 24.1 Å². The molecule has 0 unspecified atom stereocenters. The molecule has 0 atom stereocenters. The standard InChI is InChI=1S/C24H38FNO/c1-2-3-7-20-10-12-22(13-11-20)19-27-24-16-14-21(15-17-24)8-5-4-6-9-23(25)18-26/h4,6,9,20-22,24H,2-3,5,7-8,10-17,19H2,1H3/t20-,21-,22-,24-. The molecule has 2 aliphatic carbocycles. The molecule has 0 aromatic carbocycles. The predicted octanol–water partition coefficient (Wildman–Crippen LogP) is 7.27. The van der Waals surface area contributed by atoms with Gasteiger partial charge in [0.1, 0.15) is 6.07 Å². The minimum atomic E-state index is -0.724. The Balaban J connectivity index is 1.52. The van der Waals surface area contributed by atoms with Crippen molar-refractivity contribution in [2.45, 2.75) is 96.5 Å². The van der Waals surface area contributed by atoms with Crippen LogP contribution in [0.25, 0.3) is 0 Å². The number of hydrogen-bond donors (Lipinski definition) is 0. The van der Waals surface area contributed by atoms with E-state index in [4.69, 9.17) is 10.00 Å². The van der Waals surface area contributed by atoms with Gasteiger partial charge in [-0.2, -0.15) is 9.65 Å². The van der Waals surface area contributed by atoms with Gasteiger partial charge in [0.25, 0.3) is 0 Å². The van der Waals surface area contributed by atoms with Crippen molar-refractivity contribution < 1.29 is 9.13 Å². The SMILES string of the molecule is CCCC[C@H]1CC[C@H](CO[C@H]2CC[C@H](CCC=CC=C(F)C#N)CC2)CC1. The van der Waals surface area contributed by atoms with E-state index in [0.29, 0.717) is 6.10 Å². The van der Waals surface area contributed by atoms with Crippen molar-refractivity contribution in [3.8, 4) is 6.07 Å². The minimum Gasteiger partial charge on any atom is -0.378 e. The zero-order valence-corrected chi connectivity index (χ0v) is 17.2. The van der Waals surface area contributed by atoms with E-state index in [-0.39, 0.29) is 0 Å². The highest BCUT2D eigenvalue weighted by Crippen LogP contribution is 2.34. The van der Waals surface area contributed by atoms with Crippen LogP contribution in [-0.2, 0) is 4.74 Å². The molecule has 2 aliphatic rings. The van der Waals surface area contributed by atoms with Crippen LogP contribution in [0.2, 0.25) is 0 Å². The molecule has 152 valence electrons. The highest BCUT2D eigenvalue weighted by atomic mass is 19.1. The molecular weight excluding hydrogens is 337 g/mol. The second kappa shape index (κ2) is 13.1. The fourth-order valence-electron chi connectivity index (χ4n) is 4.66. The molecule has 0 radical (unpaired) electrons. The molecule has 2 saturated carbocycles. The summed E-state index contributed by atoms with van der Waals surface area (Å²) in [7, 11) is 0. The van der Waals surface area contributed by atoms with Gasteiger partial charge in [-0.05, 0) is 75.2 Å². The Morgan fingerprint density at radius 1 is 1.00 bits per heavy atom. The molecule has 0 aromatic rings. The molecule has 3 heteroatoms. The highest BCUT2D eigenvalue weighted by molar-refractivity contribution is 5.18. The Hall–Kier alpha value is -1.14. The van der Waals surface area contributed by atoms with Gasteiger partial charge >= 0.3 is 0 Å². The van der Waals surface area contributed by atoms with Gasteiger partial charge in [0, 0.05) is 6.61 Å². The Bertz CT molecular complexity index is 491. The van der Waals surface area contributed by atoms with Gasteiger partial charge in [0.15, 0.2) is 5.83 Å². The van der Waals surface area contributed by atoms with Crippen molar-refractivity contribution in [2.75, 3.05) is 6.61 Å². The summed E-state index contributed by atoms with van der Waals surface area (Å²) in [4.78, 5) is 0. The van der Waals surface area contributed by atoms with E-state index in [2.05, 4.69) is 6.92 Å². The first-order valence-electron chi connectivity index (χ1n) is 11.2. The predicted molar refractivity (Wildman–Crippen MR) is 110 cm³/mol. The normalized spacial score (nSPS) is 29.7. The van der Waals surface area contributed by atoms with Crippen LogP contribution in [0.15, 0.2) is 24.1 Å².